The van der Waals surface area contributed by atoms with Crippen molar-refractivity contribution >= 4 is 27.4 Å². The topological polar surface area (TPSA) is 77.3 Å². The van der Waals surface area contributed by atoms with Gasteiger partial charge in [-0.05, 0) is 46.6 Å². The maximum Gasteiger partial charge on any atom is 0.287 e. The quantitative estimate of drug-likeness (QED) is 0.633. The summed E-state index contributed by atoms with van der Waals surface area (Å²) < 4.78 is 5.98. The minimum Gasteiger partial charge on any atom is -0.487 e. The van der Waals surface area contributed by atoms with E-state index in [1.54, 1.807) is 18.3 Å². The molecule has 0 fully saturated rings. The molecule has 1 aromatic heterocycles. The van der Waals surface area contributed by atoms with Crippen molar-refractivity contribution in [3.05, 3.63) is 56.7 Å². The smallest absolute Gasteiger partial charge is 0.287 e. The van der Waals surface area contributed by atoms with Crippen LogP contribution in [0.5, 0.6) is 5.75 Å². The molecule has 1 N–H and O–H groups in total. The lowest BCUT2D eigenvalue weighted by Crippen LogP contribution is -2.02. The summed E-state index contributed by atoms with van der Waals surface area (Å²) in [6, 6.07) is 8.42. The molecule has 2 aromatic rings. The Morgan fingerprint density at radius 2 is 2.24 bits per heavy atom. The molecule has 0 atom stereocenters. The molecule has 0 bridgehead atoms. The van der Waals surface area contributed by atoms with E-state index in [0.717, 1.165) is 17.9 Å². The zero-order chi connectivity index (χ0) is 15.2. The maximum atomic E-state index is 10.9. The van der Waals surface area contributed by atoms with Gasteiger partial charge in [-0.2, -0.15) is 0 Å². The Hall–Kier alpha value is -2.15. The predicted molar refractivity (Wildman–Crippen MR) is 83.5 cm³/mol. The first kappa shape index (κ1) is 15.2. The van der Waals surface area contributed by atoms with Crippen molar-refractivity contribution in [2.24, 2.45) is 0 Å². The fraction of sp³-hybridized carbons (Fsp3) is 0.214. The Morgan fingerprint density at radius 1 is 1.43 bits per heavy atom. The van der Waals surface area contributed by atoms with Crippen molar-refractivity contribution in [3.63, 3.8) is 0 Å². The molecule has 0 aliphatic carbocycles. The lowest BCUT2D eigenvalue weighted by molar-refractivity contribution is -0.385. The van der Waals surface area contributed by atoms with E-state index in [1.165, 1.54) is 6.07 Å². The van der Waals surface area contributed by atoms with Crippen LogP contribution in [0.25, 0.3) is 0 Å². The first-order valence-electron chi connectivity index (χ1n) is 6.36. The molecule has 21 heavy (non-hydrogen) atoms. The Balaban J connectivity index is 2.11. The monoisotopic (exact) mass is 351 g/mol. The second kappa shape index (κ2) is 7.03. The fourth-order valence-electron chi connectivity index (χ4n) is 1.75. The van der Waals surface area contributed by atoms with Gasteiger partial charge in [0.1, 0.15) is 22.6 Å². The second-order valence-electron chi connectivity index (χ2n) is 4.21. The lowest BCUT2D eigenvalue weighted by Gasteiger charge is -2.09. The van der Waals surface area contributed by atoms with Crippen molar-refractivity contribution in [1.29, 1.82) is 0 Å². The molecule has 0 unspecified atom stereocenters. The van der Waals surface area contributed by atoms with Crippen LogP contribution in [-0.2, 0) is 6.61 Å². The summed E-state index contributed by atoms with van der Waals surface area (Å²) in [5.74, 6) is 1.21. The predicted octanol–water partition coefficient (Wildman–Crippen LogP) is 3.76. The van der Waals surface area contributed by atoms with Crippen molar-refractivity contribution in [3.8, 4) is 5.75 Å². The number of hydrogen-bond donors (Lipinski definition) is 1. The average molecular weight is 352 g/mol. The van der Waals surface area contributed by atoms with Crippen LogP contribution in [0.3, 0.4) is 0 Å². The largest absolute Gasteiger partial charge is 0.487 e. The van der Waals surface area contributed by atoms with E-state index in [9.17, 15) is 10.1 Å². The summed E-state index contributed by atoms with van der Waals surface area (Å²) in [5, 5.41) is 14.0. The lowest BCUT2D eigenvalue weighted by atomic mass is 10.2. The molecular formula is C14H14BrN3O3. The van der Waals surface area contributed by atoms with Crippen LogP contribution < -0.4 is 10.1 Å². The number of halogens is 1. The number of hydrogen-bond acceptors (Lipinski definition) is 5. The summed E-state index contributed by atoms with van der Waals surface area (Å²) >= 11 is 3.20. The van der Waals surface area contributed by atoms with Crippen LogP contribution >= 0.6 is 15.9 Å². The van der Waals surface area contributed by atoms with Crippen LogP contribution in [-0.4, -0.2) is 16.5 Å². The summed E-state index contributed by atoms with van der Waals surface area (Å²) in [6.45, 7) is 3.08. The van der Waals surface area contributed by atoms with E-state index in [4.69, 9.17) is 4.74 Å². The van der Waals surface area contributed by atoms with Crippen LogP contribution in [0.1, 0.15) is 12.5 Å². The number of nitrogens with zero attached hydrogens (tertiary/aromatic N) is 2. The summed E-state index contributed by atoms with van der Waals surface area (Å²) in [5.41, 5.74) is 0.912. The molecular weight excluding hydrogens is 338 g/mol. The summed E-state index contributed by atoms with van der Waals surface area (Å²) in [7, 11) is 0. The molecule has 0 radical (unpaired) electrons. The zero-order valence-corrected chi connectivity index (χ0v) is 13.0. The van der Waals surface area contributed by atoms with Gasteiger partial charge in [0.2, 0.25) is 0 Å². The first-order chi connectivity index (χ1) is 10.1. The van der Waals surface area contributed by atoms with Gasteiger partial charge in [-0.1, -0.05) is 6.07 Å². The number of benzene rings is 1. The van der Waals surface area contributed by atoms with Gasteiger partial charge >= 0.3 is 0 Å². The molecule has 0 amide bonds. The van der Waals surface area contributed by atoms with Crippen molar-refractivity contribution < 1.29 is 9.66 Å². The molecule has 1 aromatic carbocycles. The van der Waals surface area contributed by atoms with Gasteiger partial charge in [-0.15, -0.1) is 0 Å². The van der Waals surface area contributed by atoms with Gasteiger partial charge in [-0.25, -0.2) is 4.98 Å². The first-order valence-corrected chi connectivity index (χ1v) is 7.15. The summed E-state index contributed by atoms with van der Waals surface area (Å²) in [6.07, 6.45) is 1.69. The van der Waals surface area contributed by atoms with E-state index in [0.29, 0.717) is 16.8 Å². The third kappa shape index (κ3) is 3.91. The Morgan fingerprint density at radius 3 is 2.95 bits per heavy atom. The number of rotatable bonds is 6. The van der Waals surface area contributed by atoms with E-state index in [1.807, 2.05) is 19.1 Å². The number of nitro benzene ring substituents is 1. The number of ether oxygens (including phenoxy) is 1. The van der Waals surface area contributed by atoms with Gasteiger partial charge < -0.3 is 10.1 Å². The fourth-order valence-corrected chi connectivity index (χ4v) is 2.28. The van der Waals surface area contributed by atoms with Crippen LogP contribution in [0, 0.1) is 10.1 Å². The van der Waals surface area contributed by atoms with Crippen LogP contribution in [0.2, 0.25) is 0 Å². The van der Waals surface area contributed by atoms with Gasteiger partial charge in [0.15, 0.2) is 0 Å². The number of pyridine rings is 1. The number of nitrogens with one attached hydrogen (secondary N) is 1. The minimum atomic E-state index is -0.452. The van der Waals surface area contributed by atoms with Gasteiger partial charge in [0.05, 0.1) is 4.92 Å². The Bertz CT molecular complexity index is 649. The molecule has 7 heteroatoms. The molecule has 6 nitrogen and oxygen atoms in total. The number of anilines is 1. The number of aromatic nitrogens is 1. The van der Waals surface area contributed by atoms with Gasteiger partial charge in [0, 0.05) is 18.8 Å². The van der Waals surface area contributed by atoms with E-state index >= 15 is 0 Å². The van der Waals surface area contributed by atoms with E-state index in [-0.39, 0.29) is 5.69 Å². The highest BCUT2D eigenvalue weighted by atomic mass is 79.9. The highest BCUT2D eigenvalue weighted by Crippen LogP contribution is 2.34. The minimum absolute atomic E-state index is 0.0180. The molecule has 0 aliphatic heterocycles. The summed E-state index contributed by atoms with van der Waals surface area (Å²) in [4.78, 5) is 14.6. The number of nitro groups is 1. The highest BCUT2D eigenvalue weighted by molar-refractivity contribution is 9.10. The third-order valence-electron chi connectivity index (χ3n) is 2.72. The van der Waals surface area contributed by atoms with Crippen molar-refractivity contribution in [2.45, 2.75) is 13.5 Å². The van der Waals surface area contributed by atoms with Gasteiger partial charge in [0.25, 0.3) is 5.69 Å². The SMILES string of the molecule is CCNc1cc(COc2cccc([N+](=O)[O-])c2Br)ccn1. The third-order valence-corrected chi connectivity index (χ3v) is 3.51. The van der Waals surface area contributed by atoms with Crippen LogP contribution in [0.15, 0.2) is 41.0 Å². The highest BCUT2D eigenvalue weighted by Gasteiger charge is 2.15. The molecule has 0 saturated carbocycles. The second-order valence-corrected chi connectivity index (χ2v) is 5.01. The molecule has 0 spiro atoms. The van der Waals surface area contributed by atoms with E-state index in [2.05, 4.69) is 26.2 Å². The maximum absolute atomic E-state index is 10.9. The molecule has 0 aliphatic rings. The van der Waals surface area contributed by atoms with Crippen LogP contribution in [0.4, 0.5) is 11.5 Å². The molecule has 1 heterocycles. The van der Waals surface area contributed by atoms with E-state index < -0.39 is 4.92 Å². The average Bonchev–Trinajstić information content (AvgIpc) is 2.46. The standard InChI is InChI=1S/C14H14BrN3O3/c1-2-16-13-8-10(6-7-17-13)9-21-12-5-3-4-11(14(12)15)18(19)20/h3-8H,2,9H2,1H3,(H,16,17). The van der Waals surface area contributed by atoms with Crippen molar-refractivity contribution in [2.75, 3.05) is 11.9 Å². The van der Waals surface area contributed by atoms with Gasteiger partial charge in [-0.3, -0.25) is 10.1 Å². The Kier molecular flexibility index (Phi) is 5.10. The van der Waals surface area contributed by atoms with Crippen molar-refractivity contribution in [1.82, 2.24) is 4.98 Å². The molecule has 0 saturated heterocycles. The normalized spacial score (nSPS) is 10.2. The molecule has 110 valence electrons. The Labute approximate surface area is 130 Å². The zero-order valence-electron chi connectivity index (χ0n) is 11.4. The molecule has 2 rings (SSSR count).